The third kappa shape index (κ3) is 4.22. The van der Waals surface area contributed by atoms with Crippen LogP contribution in [0.3, 0.4) is 0 Å². The number of benzene rings is 3. The predicted octanol–water partition coefficient (Wildman–Crippen LogP) is 5.51. The summed E-state index contributed by atoms with van der Waals surface area (Å²) in [5.41, 5.74) is 6.61. The summed E-state index contributed by atoms with van der Waals surface area (Å²) in [6.07, 6.45) is 3.13. The number of nitrogen functional groups attached to an aromatic ring is 1. The number of halogens is 3. The van der Waals surface area contributed by atoms with Gasteiger partial charge in [0.15, 0.2) is 0 Å². The van der Waals surface area contributed by atoms with Gasteiger partial charge in [-0.1, -0.05) is 48.0 Å². The molecule has 36 heavy (non-hydrogen) atoms. The normalized spacial score (nSPS) is 11.1. The van der Waals surface area contributed by atoms with E-state index in [0.29, 0.717) is 42.0 Å². The Morgan fingerprint density at radius 3 is 2.50 bits per heavy atom. The maximum atomic E-state index is 14.1. The van der Waals surface area contributed by atoms with Crippen LogP contribution in [0.4, 0.5) is 17.1 Å². The van der Waals surface area contributed by atoms with Crippen molar-refractivity contribution in [3.05, 3.63) is 108 Å². The average Bonchev–Trinajstić information content (AvgIpc) is 2.85. The van der Waals surface area contributed by atoms with E-state index in [2.05, 4.69) is 41.8 Å². The zero-order valence-electron chi connectivity index (χ0n) is 18.4. The van der Waals surface area contributed by atoms with E-state index in [1.165, 1.54) is 6.20 Å². The summed E-state index contributed by atoms with van der Waals surface area (Å²) in [6, 6.07) is 17.4. The van der Waals surface area contributed by atoms with Gasteiger partial charge in [0.1, 0.15) is 5.69 Å². The van der Waals surface area contributed by atoms with E-state index in [9.17, 15) is 9.59 Å². The molecule has 0 aliphatic carbocycles. The summed E-state index contributed by atoms with van der Waals surface area (Å²) in [5.74, 6) is 6.56. The van der Waals surface area contributed by atoms with E-state index in [4.69, 9.17) is 23.2 Å². The lowest BCUT2D eigenvalue weighted by Crippen LogP contribution is -2.41. The number of anilines is 3. The van der Waals surface area contributed by atoms with Gasteiger partial charge in [-0.25, -0.2) is 15.2 Å². The lowest BCUT2D eigenvalue weighted by Gasteiger charge is -2.24. The first-order valence-electron chi connectivity index (χ1n) is 10.5. The molecule has 5 N–H and O–H groups in total. The van der Waals surface area contributed by atoms with E-state index in [1.54, 1.807) is 42.6 Å². The van der Waals surface area contributed by atoms with E-state index >= 15 is 0 Å². The second kappa shape index (κ2) is 9.55. The zero-order chi connectivity index (χ0) is 25.6. The predicted molar refractivity (Wildman–Crippen MR) is 151 cm³/mol. The van der Waals surface area contributed by atoms with Gasteiger partial charge in [0.25, 0.3) is 5.56 Å². The van der Waals surface area contributed by atoms with Crippen molar-refractivity contribution in [2.24, 2.45) is 5.84 Å². The molecule has 0 unspecified atom stereocenters. The molecule has 0 amide bonds. The van der Waals surface area contributed by atoms with Crippen LogP contribution in [0.5, 0.6) is 0 Å². The fourth-order valence-electron chi connectivity index (χ4n) is 3.98. The highest BCUT2D eigenvalue weighted by Gasteiger charge is 2.24. The van der Waals surface area contributed by atoms with E-state index in [0.717, 1.165) is 15.0 Å². The minimum Gasteiger partial charge on any atom is -0.397 e. The molecule has 0 aliphatic heterocycles. The quantitative estimate of drug-likeness (QED) is 0.137. The Balaban J connectivity index is 1.86. The Hall–Kier alpha value is -3.44. The molecule has 2 aromatic heterocycles. The standard InChI is InChI=1S/C25H17Br2ClN6O2/c26-17-9-19(29)20(10-18(17)27)34(30)23-22(13-5-3-6-15(28)8-13)32-25(36)33(24(23)35)21-12-31-11-14-4-1-2-7-16(14)21/h1-12H,29-30H2,(H,32,36). The number of hydrazine groups is 1. The molecule has 0 aliphatic rings. The molecule has 2 heterocycles. The molecule has 0 atom stereocenters. The summed E-state index contributed by atoms with van der Waals surface area (Å²) in [6.45, 7) is 0. The van der Waals surface area contributed by atoms with Crippen molar-refractivity contribution < 1.29 is 0 Å². The highest BCUT2D eigenvalue weighted by atomic mass is 79.9. The Morgan fingerprint density at radius 2 is 1.72 bits per heavy atom. The third-order valence-electron chi connectivity index (χ3n) is 5.65. The highest BCUT2D eigenvalue weighted by molar-refractivity contribution is 9.13. The molecular weight excluding hydrogens is 612 g/mol. The van der Waals surface area contributed by atoms with Gasteiger partial charge in [0.2, 0.25) is 0 Å². The molecule has 0 bridgehead atoms. The number of hydrogen-bond donors (Lipinski definition) is 3. The first-order valence-corrected chi connectivity index (χ1v) is 12.5. The van der Waals surface area contributed by atoms with E-state index < -0.39 is 11.2 Å². The van der Waals surface area contributed by atoms with Gasteiger partial charge in [-0.15, -0.1) is 0 Å². The van der Waals surface area contributed by atoms with Crippen molar-refractivity contribution in [2.45, 2.75) is 0 Å². The van der Waals surface area contributed by atoms with Gasteiger partial charge in [-0.3, -0.25) is 14.8 Å². The van der Waals surface area contributed by atoms with Crippen molar-refractivity contribution in [3.63, 3.8) is 0 Å². The van der Waals surface area contributed by atoms with Crippen LogP contribution in [0.1, 0.15) is 0 Å². The topological polar surface area (TPSA) is 123 Å². The number of hydrogen-bond acceptors (Lipinski definition) is 6. The van der Waals surface area contributed by atoms with Crippen LogP contribution in [0.2, 0.25) is 5.02 Å². The summed E-state index contributed by atoms with van der Waals surface area (Å²) >= 11 is 13.1. The number of H-pyrrole nitrogens is 1. The van der Waals surface area contributed by atoms with Crippen molar-refractivity contribution in [1.82, 2.24) is 14.5 Å². The van der Waals surface area contributed by atoms with E-state index in [-0.39, 0.29) is 11.4 Å². The van der Waals surface area contributed by atoms with Crippen LogP contribution in [0, 0.1) is 0 Å². The van der Waals surface area contributed by atoms with E-state index in [1.807, 2.05) is 24.3 Å². The second-order valence-electron chi connectivity index (χ2n) is 7.88. The molecule has 0 fully saturated rings. The maximum Gasteiger partial charge on any atom is 0.333 e. The largest absolute Gasteiger partial charge is 0.397 e. The van der Waals surface area contributed by atoms with Crippen LogP contribution in [0.15, 0.2) is 91.6 Å². The Bertz CT molecular complexity index is 1760. The lowest BCUT2D eigenvalue weighted by molar-refractivity contribution is 0.866. The van der Waals surface area contributed by atoms with Crippen LogP contribution in [-0.2, 0) is 0 Å². The summed E-state index contributed by atoms with van der Waals surface area (Å²) < 4.78 is 2.41. The fraction of sp³-hybridized carbons (Fsp3) is 0. The van der Waals surface area contributed by atoms with Gasteiger partial charge in [0.05, 0.1) is 29.0 Å². The Labute approximate surface area is 226 Å². The minimum absolute atomic E-state index is 0.00859. The molecule has 5 aromatic rings. The third-order valence-corrected chi connectivity index (χ3v) is 7.73. The summed E-state index contributed by atoms with van der Waals surface area (Å²) in [7, 11) is 0. The SMILES string of the molecule is Nc1cc(Br)c(Br)cc1N(N)c1c(-c2cccc(Cl)c2)[nH]c(=O)n(-c2cncc3ccccc23)c1=O. The Kier molecular flexibility index (Phi) is 6.44. The van der Waals surface area contributed by atoms with Gasteiger partial charge in [-0.2, -0.15) is 0 Å². The molecule has 0 saturated heterocycles. The number of fused-ring (bicyclic) bond motifs is 1. The van der Waals surface area contributed by atoms with Crippen LogP contribution < -0.4 is 27.8 Å². The zero-order valence-corrected chi connectivity index (χ0v) is 22.3. The van der Waals surface area contributed by atoms with Gasteiger partial charge in [0, 0.05) is 36.5 Å². The molecule has 3 aromatic carbocycles. The fourth-order valence-corrected chi connectivity index (χ4v) is 4.86. The second-order valence-corrected chi connectivity index (χ2v) is 10.0. The number of aromatic nitrogens is 3. The monoisotopic (exact) mass is 626 g/mol. The van der Waals surface area contributed by atoms with Crippen LogP contribution in [-0.4, -0.2) is 14.5 Å². The van der Waals surface area contributed by atoms with Crippen molar-refractivity contribution in [2.75, 3.05) is 10.7 Å². The van der Waals surface area contributed by atoms with Crippen LogP contribution in [0.25, 0.3) is 27.7 Å². The smallest absolute Gasteiger partial charge is 0.333 e. The molecule has 0 saturated carbocycles. The number of aromatic amines is 1. The van der Waals surface area contributed by atoms with Crippen molar-refractivity contribution >= 4 is 71.3 Å². The number of nitrogens with zero attached hydrogens (tertiary/aromatic N) is 3. The Morgan fingerprint density at radius 1 is 0.972 bits per heavy atom. The minimum atomic E-state index is -0.659. The molecule has 5 rings (SSSR count). The summed E-state index contributed by atoms with van der Waals surface area (Å²) in [5, 5.41) is 3.04. The highest BCUT2D eigenvalue weighted by Crippen LogP contribution is 2.37. The average molecular weight is 629 g/mol. The molecular formula is C25H17Br2ClN6O2. The van der Waals surface area contributed by atoms with Gasteiger partial charge >= 0.3 is 5.69 Å². The number of rotatable bonds is 4. The number of pyridine rings is 1. The molecule has 0 spiro atoms. The first kappa shape index (κ1) is 24.3. The molecule has 8 nitrogen and oxygen atoms in total. The molecule has 11 heteroatoms. The van der Waals surface area contributed by atoms with Gasteiger partial charge in [-0.05, 0) is 56.1 Å². The number of nitrogens with two attached hydrogens (primary N) is 2. The van der Waals surface area contributed by atoms with Crippen molar-refractivity contribution in [1.29, 1.82) is 0 Å². The molecule has 180 valence electrons. The maximum absolute atomic E-state index is 14.1. The lowest BCUT2D eigenvalue weighted by atomic mass is 10.1. The summed E-state index contributed by atoms with van der Waals surface area (Å²) in [4.78, 5) is 34.5. The molecule has 0 radical (unpaired) electrons. The van der Waals surface area contributed by atoms with Gasteiger partial charge < -0.3 is 10.7 Å². The van der Waals surface area contributed by atoms with Crippen molar-refractivity contribution in [3.8, 4) is 16.9 Å². The first-order chi connectivity index (χ1) is 17.3. The van der Waals surface area contributed by atoms with Crippen LogP contribution >= 0.6 is 43.5 Å². The number of nitrogens with one attached hydrogen (secondary N) is 1.